The molecule has 3 aromatic heterocycles. The van der Waals surface area contributed by atoms with Gasteiger partial charge in [0, 0.05) is 30.3 Å². The zero-order chi connectivity index (χ0) is 37.1. The number of nitrogens with zero attached hydrogens (tertiary/aromatic N) is 3. The number of amides is 5. The molecule has 2 aliphatic rings. The fourth-order valence-electron chi connectivity index (χ4n) is 6.13. The molecule has 5 amide bonds. The van der Waals surface area contributed by atoms with Crippen LogP contribution < -0.4 is 26.0 Å². The number of carbonyl (C=O) groups excluding carboxylic acids is 4. The molecule has 3 aromatic rings. The number of nitrogens with one attached hydrogen (secondary N) is 4. The highest BCUT2D eigenvalue weighted by Crippen LogP contribution is 2.36. The molecule has 0 radical (unpaired) electrons. The maximum Gasteiger partial charge on any atom is 0.315 e. The van der Waals surface area contributed by atoms with Crippen molar-refractivity contribution in [2.45, 2.75) is 122 Å². The van der Waals surface area contributed by atoms with Gasteiger partial charge in [-0.1, -0.05) is 40.2 Å². The Bertz CT molecular complexity index is 1720. The van der Waals surface area contributed by atoms with Gasteiger partial charge in [0.2, 0.25) is 11.8 Å². The van der Waals surface area contributed by atoms with E-state index in [1.807, 2.05) is 84.2 Å². The van der Waals surface area contributed by atoms with Gasteiger partial charge in [-0.3, -0.25) is 19.4 Å². The number of hydrogen-bond donors (Lipinski definition) is 5. The fraction of sp³-hybridized carbons (Fsp3) is 0.568. The standard InChI is InChI=1S/C37H51N7O6S/c1-8-11-24(29(45)33(47)39-21-13-14-21)41-32(46)27-18-22(20-44(27)34(48)31(36(2,3)4)42-35(49)43-37(5,6)7)50-28-19-26(23-12-9-10-16-38-23)40-25-15-17-51-30(25)28/h9-10,12,15-17,19,21-22,24,27,29,31,45H,8,11,13-14,18,20H2,1-7H3,(H,39,47)(H,41,46)(H2,42,43,49)/t22?,24-,27?,29?,31+/m0/s1. The minimum absolute atomic E-state index is 0.0458. The van der Waals surface area contributed by atoms with Crippen LogP contribution >= 0.6 is 11.3 Å². The van der Waals surface area contributed by atoms with Crippen LogP contribution in [0.1, 0.15) is 80.6 Å². The lowest BCUT2D eigenvalue weighted by Gasteiger charge is -2.36. The summed E-state index contributed by atoms with van der Waals surface area (Å²) in [6.07, 6.45) is 2.46. The van der Waals surface area contributed by atoms with Gasteiger partial charge in [0.25, 0.3) is 5.91 Å². The summed E-state index contributed by atoms with van der Waals surface area (Å²) in [7, 11) is 0. The zero-order valence-electron chi connectivity index (χ0n) is 30.5. The first-order valence-corrected chi connectivity index (χ1v) is 18.6. The van der Waals surface area contributed by atoms with E-state index in [1.54, 1.807) is 6.20 Å². The zero-order valence-corrected chi connectivity index (χ0v) is 31.3. The predicted molar refractivity (Wildman–Crippen MR) is 196 cm³/mol. The van der Waals surface area contributed by atoms with Gasteiger partial charge in [0.1, 0.15) is 23.9 Å². The van der Waals surface area contributed by atoms with E-state index in [2.05, 4.69) is 26.3 Å². The van der Waals surface area contributed by atoms with Gasteiger partial charge < -0.3 is 36.0 Å². The molecule has 0 bridgehead atoms. The van der Waals surface area contributed by atoms with Crippen molar-refractivity contribution in [3.8, 4) is 17.1 Å². The third-order valence-corrected chi connectivity index (χ3v) is 9.74. The Morgan fingerprint density at radius 1 is 1.06 bits per heavy atom. The first-order chi connectivity index (χ1) is 24.0. The fourth-order valence-corrected chi connectivity index (χ4v) is 6.92. The average Bonchev–Trinajstić information content (AvgIpc) is 3.56. The number of fused-ring (bicyclic) bond motifs is 1. The second-order valence-electron chi connectivity index (χ2n) is 15.6. The highest BCUT2D eigenvalue weighted by molar-refractivity contribution is 7.17. The highest BCUT2D eigenvalue weighted by Gasteiger charge is 2.47. The van der Waals surface area contributed by atoms with E-state index in [-0.39, 0.29) is 19.0 Å². The van der Waals surface area contributed by atoms with Crippen LogP contribution in [-0.2, 0) is 14.4 Å². The van der Waals surface area contributed by atoms with Gasteiger partial charge in [-0.25, -0.2) is 9.78 Å². The molecule has 14 heteroatoms. The molecule has 0 aromatic carbocycles. The summed E-state index contributed by atoms with van der Waals surface area (Å²) in [5.41, 5.74) is 0.771. The average molecular weight is 722 g/mol. The molecular formula is C37H51N7O6S. The number of ether oxygens (including phenoxy) is 1. The van der Waals surface area contributed by atoms with Crippen LogP contribution in [0, 0.1) is 5.41 Å². The molecule has 5 atom stereocenters. The van der Waals surface area contributed by atoms with Gasteiger partial charge in [-0.2, -0.15) is 0 Å². The van der Waals surface area contributed by atoms with Crippen molar-refractivity contribution in [3.63, 3.8) is 0 Å². The Kier molecular flexibility index (Phi) is 11.5. The lowest BCUT2D eigenvalue weighted by atomic mass is 9.85. The number of aliphatic hydroxyl groups is 1. The van der Waals surface area contributed by atoms with Crippen molar-refractivity contribution in [1.29, 1.82) is 0 Å². The van der Waals surface area contributed by atoms with E-state index in [0.29, 0.717) is 30.0 Å². The maximum atomic E-state index is 14.5. The molecule has 3 unspecified atom stereocenters. The van der Waals surface area contributed by atoms with Crippen molar-refractivity contribution in [3.05, 3.63) is 41.9 Å². The van der Waals surface area contributed by atoms with Gasteiger partial charge in [-0.05, 0) is 69.0 Å². The second kappa shape index (κ2) is 15.5. The molecule has 0 spiro atoms. The van der Waals surface area contributed by atoms with E-state index in [1.165, 1.54) is 16.2 Å². The SMILES string of the molecule is CCC[C@H](NC(=O)C1CC(Oc2cc(-c3ccccn3)nc3ccsc23)CN1C(=O)[C@@H](NC(=O)NC(C)(C)C)C(C)(C)C)C(O)C(=O)NC1CC1. The van der Waals surface area contributed by atoms with Crippen LogP contribution in [0.4, 0.5) is 4.79 Å². The van der Waals surface area contributed by atoms with Crippen LogP contribution in [0.2, 0.25) is 0 Å². The van der Waals surface area contributed by atoms with Crippen molar-refractivity contribution < 1.29 is 29.0 Å². The minimum Gasteiger partial charge on any atom is -0.487 e. The van der Waals surface area contributed by atoms with Crippen LogP contribution in [0.3, 0.4) is 0 Å². The number of thiophene rings is 1. The number of aromatic nitrogens is 2. The van der Waals surface area contributed by atoms with Crippen LogP contribution in [0.5, 0.6) is 5.75 Å². The number of hydrogen-bond acceptors (Lipinski definition) is 9. The predicted octanol–water partition coefficient (Wildman–Crippen LogP) is 4.14. The molecule has 5 rings (SSSR count). The summed E-state index contributed by atoms with van der Waals surface area (Å²) in [5.74, 6) is -0.926. The summed E-state index contributed by atoms with van der Waals surface area (Å²) >= 11 is 1.48. The van der Waals surface area contributed by atoms with Gasteiger partial charge in [0.05, 0.1) is 34.2 Å². The Labute approximate surface area is 303 Å². The van der Waals surface area contributed by atoms with E-state index >= 15 is 0 Å². The number of likely N-dealkylation sites (tertiary alicyclic amines) is 1. The number of urea groups is 1. The first kappa shape index (κ1) is 37.9. The van der Waals surface area contributed by atoms with Gasteiger partial charge in [-0.15, -0.1) is 11.3 Å². The van der Waals surface area contributed by atoms with E-state index < -0.39 is 65.0 Å². The van der Waals surface area contributed by atoms with Gasteiger partial charge >= 0.3 is 6.03 Å². The Morgan fingerprint density at radius 2 is 1.80 bits per heavy atom. The summed E-state index contributed by atoms with van der Waals surface area (Å²) < 4.78 is 7.45. The molecule has 1 saturated carbocycles. The quantitative estimate of drug-likeness (QED) is 0.186. The second-order valence-corrected chi connectivity index (χ2v) is 16.5. The Balaban J connectivity index is 1.44. The number of pyridine rings is 2. The molecule has 5 N–H and O–H groups in total. The van der Waals surface area contributed by atoms with Crippen LogP contribution in [-0.4, -0.2) is 92.2 Å². The largest absolute Gasteiger partial charge is 0.487 e. The number of carbonyl (C=O) groups is 4. The molecule has 1 aliphatic carbocycles. The van der Waals surface area contributed by atoms with E-state index in [0.717, 1.165) is 23.1 Å². The third-order valence-electron chi connectivity index (χ3n) is 8.82. The first-order valence-electron chi connectivity index (χ1n) is 17.7. The summed E-state index contributed by atoms with van der Waals surface area (Å²) in [6.45, 7) is 13.0. The van der Waals surface area contributed by atoms with Crippen LogP contribution in [0.25, 0.3) is 21.6 Å². The number of aliphatic hydroxyl groups excluding tert-OH is 1. The molecule has 51 heavy (non-hydrogen) atoms. The summed E-state index contributed by atoms with van der Waals surface area (Å²) in [6, 6.07) is 5.98. The summed E-state index contributed by atoms with van der Waals surface area (Å²) in [4.78, 5) is 65.2. The molecule has 4 heterocycles. The molecule has 2 fully saturated rings. The minimum atomic E-state index is -1.45. The Hall–Kier alpha value is -4.30. The number of rotatable bonds is 12. The smallest absolute Gasteiger partial charge is 0.315 e. The monoisotopic (exact) mass is 721 g/mol. The summed E-state index contributed by atoms with van der Waals surface area (Å²) in [5, 5.41) is 24.3. The third kappa shape index (κ3) is 9.73. The van der Waals surface area contributed by atoms with Crippen molar-refractivity contribution in [1.82, 2.24) is 36.1 Å². The van der Waals surface area contributed by atoms with Gasteiger partial charge in [0.15, 0.2) is 6.10 Å². The molecule has 276 valence electrons. The van der Waals surface area contributed by atoms with E-state index in [9.17, 15) is 24.3 Å². The highest BCUT2D eigenvalue weighted by atomic mass is 32.1. The molecule has 13 nitrogen and oxygen atoms in total. The normalized spacial score (nSPS) is 19.6. The molecule has 1 saturated heterocycles. The Morgan fingerprint density at radius 3 is 2.43 bits per heavy atom. The van der Waals surface area contributed by atoms with Crippen molar-refractivity contribution in [2.75, 3.05) is 6.54 Å². The topological polar surface area (TPSA) is 175 Å². The van der Waals surface area contributed by atoms with Crippen molar-refractivity contribution >= 4 is 45.3 Å². The molecule has 1 aliphatic heterocycles. The van der Waals surface area contributed by atoms with Crippen LogP contribution in [0.15, 0.2) is 41.9 Å². The lowest BCUT2D eigenvalue weighted by Crippen LogP contribution is -2.61. The van der Waals surface area contributed by atoms with E-state index in [4.69, 9.17) is 9.72 Å². The lowest BCUT2D eigenvalue weighted by molar-refractivity contribution is -0.143. The maximum absolute atomic E-state index is 14.5. The van der Waals surface area contributed by atoms with Crippen molar-refractivity contribution in [2.24, 2.45) is 5.41 Å². The molecular weight excluding hydrogens is 671 g/mol.